The van der Waals surface area contributed by atoms with Crippen LogP contribution in [-0.4, -0.2) is 42.0 Å². The number of halogens is 4. The van der Waals surface area contributed by atoms with Crippen LogP contribution in [0.2, 0.25) is 5.02 Å². The van der Waals surface area contributed by atoms with Gasteiger partial charge in [0.15, 0.2) is 17.5 Å². The number of urea groups is 1. The normalized spacial score (nSPS) is 15.4. The summed E-state index contributed by atoms with van der Waals surface area (Å²) in [5, 5.41) is 2.99. The number of nitrogens with zero attached hydrogens (tertiary/aromatic N) is 2. The number of benzene rings is 3. The first-order valence-electron chi connectivity index (χ1n) is 10.2. The van der Waals surface area contributed by atoms with Crippen molar-refractivity contribution in [3.05, 3.63) is 100 Å². The molecule has 166 valence electrons. The zero-order chi connectivity index (χ0) is 22.7. The van der Waals surface area contributed by atoms with Gasteiger partial charge in [-0.2, -0.15) is 0 Å². The quantitative estimate of drug-likeness (QED) is 0.508. The average molecular weight is 460 g/mol. The van der Waals surface area contributed by atoms with Crippen molar-refractivity contribution in [2.75, 3.05) is 31.5 Å². The van der Waals surface area contributed by atoms with Crippen LogP contribution in [0.4, 0.5) is 23.7 Å². The predicted molar refractivity (Wildman–Crippen MR) is 118 cm³/mol. The van der Waals surface area contributed by atoms with Gasteiger partial charge in [-0.25, -0.2) is 18.0 Å². The summed E-state index contributed by atoms with van der Waals surface area (Å²) in [7, 11) is 0. The molecule has 0 radical (unpaired) electrons. The molecule has 0 unspecified atom stereocenters. The Labute approximate surface area is 189 Å². The van der Waals surface area contributed by atoms with Gasteiger partial charge in [-0.05, 0) is 35.4 Å². The molecule has 4 rings (SSSR count). The number of anilines is 1. The van der Waals surface area contributed by atoms with Gasteiger partial charge in [0.2, 0.25) is 0 Å². The van der Waals surface area contributed by atoms with Crippen molar-refractivity contribution < 1.29 is 18.0 Å². The number of hydrogen-bond donors (Lipinski definition) is 1. The third-order valence-corrected chi connectivity index (χ3v) is 5.80. The molecule has 1 atom stereocenters. The monoisotopic (exact) mass is 459 g/mol. The minimum Gasteiger partial charge on any atom is -0.322 e. The number of rotatable bonds is 4. The highest BCUT2D eigenvalue weighted by Gasteiger charge is 2.28. The van der Waals surface area contributed by atoms with Gasteiger partial charge in [-0.15, -0.1) is 0 Å². The molecule has 1 heterocycles. The third kappa shape index (κ3) is 4.74. The molecule has 3 aromatic carbocycles. The molecule has 3 aromatic rings. The Bertz CT molecular complexity index is 1090. The summed E-state index contributed by atoms with van der Waals surface area (Å²) in [6.45, 7) is 1.95. The van der Waals surface area contributed by atoms with E-state index in [4.69, 9.17) is 11.6 Å². The van der Waals surface area contributed by atoms with Crippen LogP contribution in [0.3, 0.4) is 0 Å². The Morgan fingerprint density at radius 1 is 0.812 bits per heavy atom. The summed E-state index contributed by atoms with van der Waals surface area (Å²) < 4.78 is 40.5. The first kappa shape index (κ1) is 22.2. The minimum absolute atomic E-state index is 0.0117. The lowest BCUT2D eigenvalue weighted by Gasteiger charge is -2.39. The van der Waals surface area contributed by atoms with Crippen molar-refractivity contribution >= 4 is 23.3 Å². The van der Waals surface area contributed by atoms with Gasteiger partial charge in [0, 0.05) is 31.2 Å². The minimum atomic E-state index is -1.61. The van der Waals surface area contributed by atoms with Crippen molar-refractivity contribution in [3.63, 3.8) is 0 Å². The van der Waals surface area contributed by atoms with Crippen molar-refractivity contribution in [1.82, 2.24) is 9.80 Å². The SMILES string of the molecule is O=C(Nc1ccc(F)c(F)c1F)N1CCN([C@H](c2ccccc2)c2ccc(Cl)cc2)CC1. The molecule has 0 bridgehead atoms. The van der Waals surface area contributed by atoms with E-state index >= 15 is 0 Å². The highest BCUT2D eigenvalue weighted by Crippen LogP contribution is 2.30. The summed E-state index contributed by atoms with van der Waals surface area (Å²) >= 11 is 6.06. The van der Waals surface area contributed by atoms with Gasteiger partial charge in [-0.1, -0.05) is 54.1 Å². The van der Waals surface area contributed by atoms with E-state index in [0.29, 0.717) is 31.2 Å². The summed E-state index contributed by atoms with van der Waals surface area (Å²) in [6.07, 6.45) is 0. The maximum atomic E-state index is 13.9. The summed E-state index contributed by atoms with van der Waals surface area (Å²) in [5.74, 6) is -4.33. The Kier molecular flexibility index (Phi) is 6.67. The number of carbonyl (C=O) groups excluding carboxylic acids is 1. The van der Waals surface area contributed by atoms with Gasteiger partial charge in [0.05, 0.1) is 11.7 Å². The molecule has 1 aliphatic heterocycles. The Balaban J connectivity index is 1.47. The topological polar surface area (TPSA) is 35.6 Å². The summed E-state index contributed by atoms with van der Waals surface area (Å²) in [6, 6.07) is 19.0. The van der Waals surface area contributed by atoms with E-state index in [1.807, 2.05) is 42.5 Å². The molecule has 32 heavy (non-hydrogen) atoms. The van der Waals surface area contributed by atoms with E-state index < -0.39 is 23.5 Å². The van der Waals surface area contributed by atoms with E-state index in [9.17, 15) is 18.0 Å². The molecular weight excluding hydrogens is 439 g/mol. The highest BCUT2D eigenvalue weighted by molar-refractivity contribution is 6.30. The third-order valence-electron chi connectivity index (χ3n) is 5.54. The first-order valence-corrected chi connectivity index (χ1v) is 10.6. The fourth-order valence-electron chi connectivity index (χ4n) is 3.89. The van der Waals surface area contributed by atoms with Crippen molar-refractivity contribution in [2.24, 2.45) is 0 Å². The van der Waals surface area contributed by atoms with Crippen LogP contribution >= 0.6 is 11.6 Å². The van der Waals surface area contributed by atoms with E-state index in [2.05, 4.69) is 22.3 Å². The van der Waals surface area contributed by atoms with Crippen LogP contribution in [0.15, 0.2) is 66.7 Å². The smallest absolute Gasteiger partial charge is 0.322 e. The van der Waals surface area contributed by atoms with Crippen molar-refractivity contribution in [2.45, 2.75) is 6.04 Å². The number of amides is 2. The highest BCUT2D eigenvalue weighted by atomic mass is 35.5. The number of hydrogen-bond acceptors (Lipinski definition) is 2. The lowest BCUT2D eigenvalue weighted by atomic mass is 9.96. The number of carbonyl (C=O) groups is 1. The molecule has 1 N–H and O–H groups in total. The zero-order valence-corrected chi connectivity index (χ0v) is 17.8. The molecule has 4 nitrogen and oxygen atoms in total. The Hall–Kier alpha value is -3.03. The second kappa shape index (κ2) is 9.63. The van der Waals surface area contributed by atoms with Gasteiger partial charge in [0.25, 0.3) is 0 Å². The molecule has 0 saturated carbocycles. The Morgan fingerprint density at radius 3 is 2.09 bits per heavy atom. The maximum Gasteiger partial charge on any atom is 0.322 e. The lowest BCUT2D eigenvalue weighted by molar-refractivity contribution is 0.126. The molecule has 0 aliphatic carbocycles. The van der Waals surface area contributed by atoms with Gasteiger partial charge < -0.3 is 10.2 Å². The molecular formula is C24H21ClF3N3O. The zero-order valence-electron chi connectivity index (χ0n) is 17.1. The van der Waals surface area contributed by atoms with Gasteiger partial charge in [0.1, 0.15) is 0 Å². The van der Waals surface area contributed by atoms with Gasteiger partial charge in [-0.3, -0.25) is 4.90 Å². The van der Waals surface area contributed by atoms with E-state index in [1.165, 1.54) is 4.90 Å². The van der Waals surface area contributed by atoms with Crippen molar-refractivity contribution in [3.8, 4) is 0 Å². The standard InChI is InChI=1S/C24H21ClF3N3O/c25-18-8-6-17(7-9-18)23(16-4-2-1-3-5-16)30-12-14-31(15-13-30)24(32)29-20-11-10-19(26)21(27)22(20)28/h1-11,23H,12-15H2,(H,29,32)/t23-/m1/s1. The second-order valence-electron chi connectivity index (χ2n) is 7.54. The van der Waals surface area contributed by atoms with Crippen LogP contribution < -0.4 is 5.32 Å². The van der Waals surface area contributed by atoms with E-state index in [-0.39, 0.29) is 11.7 Å². The Morgan fingerprint density at radius 2 is 1.44 bits per heavy atom. The van der Waals surface area contributed by atoms with E-state index in [0.717, 1.165) is 23.3 Å². The van der Waals surface area contributed by atoms with Crippen LogP contribution in [0.5, 0.6) is 0 Å². The molecule has 1 fully saturated rings. The molecule has 0 aromatic heterocycles. The van der Waals surface area contributed by atoms with Crippen LogP contribution in [0.25, 0.3) is 0 Å². The molecule has 8 heteroatoms. The number of piperazine rings is 1. The van der Waals surface area contributed by atoms with Crippen molar-refractivity contribution in [1.29, 1.82) is 0 Å². The molecule has 1 saturated heterocycles. The molecule has 1 aliphatic rings. The van der Waals surface area contributed by atoms with Crippen LogP contribution in [0.1, 0.15) is 17.2 Å². The summed E-state index contributed by atoms with van der Waals surface area (Å²) in [5.41, 5.74) is 1.82. The first-order chi connectivity index (χ1) is 15.4. The van der Waals surface area contributed by atoms with Crippen LogP contribution in [-0.2, 0) is 0 Å². The maximum absolute atomic E-state index is 13.9. The molecule has 2 amide bonds. The van der Waals surface area contributed by atoms with Crippen LogP contribution in [0, 0.1) is 17.5 Å². The van der Waals surface area contributed by atoms with E-state index in [1.54, 1.807) is 0 Å². The lowest BCUT2D eigenvalue weighted by Crippen LogP contribution is -2.51. The fraction of sp³-hybridized carbons (Fsp3) is 0.208. The second-order valence-corrected chi connectivity index (χ2v) is 7.98. The fourth-order valence-corrected chi connectivity index (χ4v) is 4.02. The summed E-state index contributed by atoms with van der Waals surface area (Å²) in [4.78, 5) is 16.4. The largest absolute Gasteiger partial charge is 0.322 e. The predicted octanol–water partition coefficient (Wildman–Crippen LogP) is 5.70. The number of nitrogens with one attached hydrogen (secondary N) is 1. The van der Waals surface area contributed by atoms with Gasteiger partial charge >= 0.3 is 6.03 Å². The molecule has 0 spiro atoms. The average Bonchev–Trinajstić information content (AvgIpc) is 2.82.